The number of hydrogen-bond donors (Lipinski definition) is 0. The van der Waals surface area contributed by atoms with Crippen LogP contribution >= 0.6 is 0 Å². The SMILES string of the molecule is N#Cc1ccc(-c2cccc(C(F)(F)F)c2)nc1Oc1ccc(F)cc1. The van der Waals surface area contributed by atoms with Crippen molar-refractivity contribution >= 4 is 0 Å². The zero-order valence-electron chi connectivity index (χ0n) is 13.1. The van der Waals surface area contributed by atoms with E-state index in [0.29, 0.717) is 0 Å². The van der Waals surface area contributed by atoms with Crippen LogP contribution in [0.2, 0.25) is 0 Å². The first kappa shape index (κ1) is 17.4. The molecule has 0 aliphatic carbocycles. The van der Waals surface area contributed by atoms with E-state index in [4.69, 9.17) is 4.74 Å². The molecule has 0 bridgehead atoms. The van der Waals surface area contributed by atoms with Gasteiger partial charge in [0.2, 0.25) is 5.88 Å². The van der Waals surface area contributed by atoms with Gasteiger partial charge < -0.3 is 4.74 Å². The van der Waals surface area contributed by atoms with Crippen LogP contribution in [0.15, 0.2) is 60.7 Å². The predicted octanol–water partition coefficient (Wildman–Crippen LogP) is 5.57. The molecule has 0 fully saturated rings. The summed E-state index contributed by atoms with van der Waals surface area (Å²) in [5, 5.41) is 9.17. The van der Waals surface area contributed by atoms with Crippen molar-refractivity contribution in [1.29, 1.82) is 5.26 Å². The first-order valence-corrected chi connectivity index (χ1v) is 7.39. The molecule has 1 aromatic heterocycles. The second-order valence-corrected chi connectivity index (χ2v) is 5.30. The molecule has 0 radical (unpaired) electrons. The van der Waals surface area contributed by atoms with Crippen LogP contribution in [0, 0.1) is 17.1 Å². The van der Waals surface area contributed by atoms with E-state index in [1.807, 2.05) is 6.07 Å². The molecule has 0 amide bonds. The normalized spacial score (nSPS) is 11.0. The Balaban J connectivity index is 2.00. The quantitative estimate of drug-likeness (QED) is 0.575. The van der Waals surface area contributed by atoms with Crippen LogP contribution in [0.1, 0.15) is 11.1 Å². The fraction of sp³-hybridized carbons (Fsp3) is 0.0526. The first-order valence-electron chi connectivity index (χ1n) is 7.39. The highest BCUT2D eigenvalue weighted by molar-refractivity contribution is 5.62. The number of benzene rings is 2. The van der Waals surface area contributed by atoms with E-state index < -0.39 is 17.6 Å². The van der Waals surface area contributed by atoms with Crippen molar-refractivity contribution < 1.29 is 22.3 Å². The number of nitrogens with zero attached hydrogens (tertiary/aromatic N) is 2. The Morgan fingerprint density at radius 2 is 1.69 bits per heavy atom. The van der Waals surface area contributed by atoms with Crippen molar-refractivity contribution in [3.63, 3.8) is 0 Å². The second-order valence-electron chi connectivity index (χ2n) is 5.30. The third-order valence-corrected chi connectivity index (χ3v) is 3.49. The number of nitriles is 1. The molecule has 130 valence electrons. The van der Waals surface area contributed by atoms with E-state index in [1.54, 1.807) is 0 Å². The monoisotopic (exact) mass is 358 g/mol. The highest BCUT2D eigenvalue weighted by Crippen LogP contribution is 2.33. The van der Waals surface area contributed by atoms with Gasteiger partial charge in [-0.25, -0.2) is 9.37 Å². The Morgan fingerprint density at radius 1 is 0.962 bits per heavy atom. The van der Waals surface area contributed by atoms with E-state index >= 15 is 0 Å². The van der Waals surface area contributed by atoms with Crippen molar-refractivity contribution in [2.45, 2.75) is 6.18 Å². The number of ether oxygens (including phenoxy) is 1. The summed E-state index contributed by atoms with van der Waals surface area (Å²) in [6.45, 7) is 0. The molecule has 3 rings (SSSR count). The number of hydrogen-bond acceptors (Lipinski definition) is 3. The minimum absolute atomic E-state index is 0.0750. The molecule has 0 aliphatic heterocycles. The van der Waals surface area contributed by atoms with Crippen LogP contribution in [-0.4, -0.2) is 4.98 Å². The second kappa shape index (κ2) is 6.84. The Morgan fingerprint density at radius 3 is 2.35 bits per heavy atom. The van der Waals surface area contributed by atoms with Gasteiger partial charge in [-0.3, -0.25) is 0 Å². The van der Waals surface area contributed by atoms with Crippen LogP contribution in [0.3, 0.4) is 0 Å². The van der Waals surface area contributed by atoms with Gasteiger partial charge in [0.25, 0.3) is 0 Å². The highest BCUT2D eigenvalue weighted by Gasteiger charge is 2.30. The molecule has 0 N–H and O–H groups in total. The molecule has 0 saturated heterocycles. The van der Waals surface area contributed by atoms with Crippen LogP contribution in [0.4, 0.5) is 17.6 Å². The lowest BCUT2D eigenvalue weighted by Gasteiger charge is -2.11. The number of pyridine rings is 1. The van der Waals surface area contributed by atoms with Crippen LogP contribution < -0.4 is 4.74 Å². The topological polar surface area (TPSA) is 45.9 Å². The van der Waals surface area contributed by atoms with Crippen LogP contribution in [-0.2, 0) is 6.18 Å². The average molecular weight is 358 g/mol. The van der Waals surface area contributed by atoms with Gasteiger partial charge in [-0.1, -0.05) is 12.1 Å². The third-order valence-electron chi connectivity index (χ3n) is 3.49. The fourth-order valence-electron chi connectivity index (χ4n) is 2.23. The average Bonchev–Trinajstić information content (AvgIpc) is 2.63. The molecular formula is C19H10F4N2O. The van der Waals surface area contributed by atoms with Gasteiger partial charge in [-0.2, -0.15) is 18.4 Å². The van der Waals surface area contributed by atoms with Crippen molar-refractivity contribution in [3.8, 4) is 29.0 Å². The third kappa shape index (κ3) is 3.81. The Hall–Kier alpha value is -3.40. The predicted molar refractivity (Wildman–Crippen MR) is 85.9 cm³/mol. The molecule has 2 aromatic carbocycles. The van der Waals surface area contributed by atoms with E-state index in [0.717, 1.165) is 12.1 Å². The fourth-order valence-corrected chi connectivity index (χ4v) is 2.23. The standard InChI is InChI=1S/C19H10F4N2O/c20-15-5-7-16(8-6-15)26-18-13(11-24)4-9-17(25-18)12-2-1-3-14(10-12)19(21,22)23/h1-10H. The summed E-state index contributed by atoms with van der Waals surface area (Å²) in [6, 6.07) is 14.5. The molecule has 0 unspecified atom stereocenters. The molecule has 1 heterocycles. The van der Waals surface area contributed by atoms with Crippen molar-refractivity contribution in [2.24, 2.45) is 0 Å². The summed E-state index contributed by atoms with van der Waals surface area (Å²) in [6.07, 6.45) is -4.48. The zero-order chi connectivity index (χ0) is 18.7. The van der Waals surface area contributed by atoms with Gasteiger partial charge in [0.05, 0.1) is 11.3 Å². The lowest BCUT2D eigenvalue weighted by atomic mass is 10.1. The molecule has 0 saturated carbocycles. The number of aromatic nitrogens is 1. The summed E-state index contributed by atoms with van der Waals surface area (Å²) in [5.41, 5.74) is -0.257. The minimum Gasteiger partial charge on any atom is -0.438 e. The first-order chi connectivity index (χ1) is 12.4. The van der Waals surface area contributed by atoms with Crippen LogP contribution in [0.25, 0.3) is 11.3 Å². The molecule has 0 aliphatic rings. The minimum atomic E-state index is -4.48. The Labute approximate surface area is 146 Å². The molecule has 7 heteroatoms. The number of alkyl halides is 3. The van der Waals surface area contributed by atoms with E-state index in [-0.39, 0.29) is 28.5 Å². The maximum atomic E-state index is 13.0. The Bertz CT molecular complexity index is 976. The maximum absolute atomic E-state index is 13.0. The molecule has 3 aromatic rings. The molecule has 0 atom stereocenters. The summed E-state index contributed by atoms with van der Waals surface area (Å²) in [7, 11) is 0. The largest absolute Gasteiger partial charge is 0.438 e. The Kier molecular flexibility index (Phi) is 4.59. The van der Waals surface area contributed by atoms with Gasteiger partial charge in [0.1, 0.15) is 23.2 Å². The van der Waals surface area contributed by atoms with Crippen LogP contribution in [0.5, 0.6) is 11.6 Å². The van der Waals surface area contributed by atoms with Gasteiger partial charge in [-0.05, 0) is 48.5 Å². The lowest BCUT2D eigenvalue weighted by Crippen LogP contribution is -2.04. The molecule has 3 nitrogen and oxygen atoms in total. The highest BCUT2D eigenvalue weighted by atomic mass is 19.4. The van der Waals surface area contributed by atoms with Gasteiger partial charge in [0, 0.05) is 5.56 Å². The summed E-state index contributed by atoms with van der Waals surface area (Å²) >= 11 is 0. The van der Waals surface area contributed by atoms with E-state index in [2.05, 4.69) is 4.98 Å². The number of rotatable bonds is 3. The van der Waals surface area contributed by atoms with Gasteiger partial charge in [0.15, 0.2) is 0 Å². The smallest absolute Gasteiger partial charge is 0.416 e. The number of halogens is 4. The lowest BCUT2D eigenvalue weighted by molar-refractivity contribution is -0.137. The molecular weight excluding hydrogens is 348 g/mol. The van der Waals surface area contributed by atoms with E-state index in [9.17, 15) is 22.8 Å². The zero-order valence-corrected chi connectivity index (χ0v) is 13.1. The summed E-state index contributed by atoms with van der Waals surface area (Å²) < 4.78 is 57.1. The van der Waals surface area contributed by atoms with Crippen molar-refractivity contribution in [1.82, 2.24) is 4.98 Å². The van der Waals surface area contributed by atoms with Gasteiger partial charge >= 0.3 is 6.18 Å². The van der Waals surface area contributed by atoms with E-state index in [1.165, 1.54) is 48.5 Å². The maximum Gasteiger partial charge on any atom is 0.416 e. The summed E-state index contributed by atoms with van der Waals surface area (Å²) in [4.78, 5) is 4.15. The van der Waals surface area contributed by atoms with Crippen molar-refractivity contribution in [3.05, 3.63) is 77.6 Å². The van der Waals surface area contributed by atoms with Gasteiger partial charge in [-0.15, -0.1) is 0 Å². The molecule has 0 spiro atoms. The molecule has 26 heavy (non-hydrogen) atoms. The van der Waals surface area contributed by atoms with Crippen molar-refractivity contribution in [2.75, 3.05) is 0 Å². The summed E-state index contributed by atoms with van der Waals surface area (Å²) in [5.74, 6) is -0.283.